The number of allylic oxidation sites excluding steroid dienone is 1. The third kappa shape index (κ3) is 3.31. The van der Waals surface area contributed by atoms with Crippen molar-refractivity contribution in [3.63, 3.8) is 0 Å². The maximum absolute atomic E-state index is 14.0. The van der Waals surface area contributed by atoms with Crippen LogP contribution in [0.3, 0.4) is 0 Å². The van der Waals surface area contributed by atoms with Crippen LogP contribution in [0.2, 0.25) is 0 Å². The Balaban J connectivity index is 1.63. The zero-order chi connectivity index (χ0) is 19.8. The van der Waals surface area contributed by atoms with E-state index < -0.39 is 18.3 Å². The number of Topliss-reactive ketones (excluding diaryl/α,β-unsaturated/α-hetero) is 1. The zero-order valence-electron chi connectivity index (χ0n) is 15.2. The smallest absolute Gasteiger partial charge is 0.280 e. The number of rotatable bonds is 4. The van der Waals surface area contributed by atoms with Crippen LogP contribution in [0.25, 0.3) is 0 Å². The van der Waals surface area contributed by atoms with Crippen molar-refractivity contribution >= 4 is 23.7 Å². The molecule has 5 nitrogen and oxygen atoms in total. The number of hydrogen-bond donors (Lipinski definition) is 0. The van der Waals surface area contributed by atoms with Gasteiger partial charge in [0.2, 0.25) is 0 Å². The number of alkyl halides is 2. The SMILES string of the molecule is CC1CCC(C(=O)c2ccncc2F)C[C@H]1C1=CC(C(F)F)=NC2=NC=NC12. The summed E-state index contributed by atoms with van der Waals surface area (Å²) in [7, 11) is 0. The molecule has 3 aliphatic rings. The van der Waals surface area contributed by atoms with E-state index in [9.17, 15) is 18.0 Å². The summed E-state index contributed by atoms with van der Waals surface area (Å²) >= 11 is 0. The van der Waals surface area contributed by atoms with Crippen LogP contribution in [0, 0.1) is 23.6 Å². The maximum atomic E-state index is 14.0. The van der Waals surface area contributed by atoms with Crippen LogP contribution in [0.15, 0.2) is 45.1 Å². The number of aliphatic imine (C=N–C) groups is 3. The van der Waals surface area contributed by atoms with Crippen LogP contribution >= 0.6 is 0 Å². The molecular formula is C20H19F3N4O. The van der Waals surface area contributed by atoms with Crippen molar-refractivity contribution in [2.75, 3.05) is 0 Å². The Labute approximate surface area is 160 Å². The molecule has 28 heavy (non-hydrogen) atoms. The summed E-state index contributed by atoms with van der Waals surface area (Å²) in [6, 6.07) is 0.916. The van der Waals surface area contributed by atoms with Gasteiger partial charge in [-0.1, -0.05) is 6.92 Å². The fourth-order valence-electron chi connectivity index (χ4n) is 4.28. The minimum Gasteiger partial charge on any atom is -0.294 e. The summed E-state index contributed by atoms with van der Waals surface area (Å²) in [6.07, 6.45) is 4.31. The molecule has 0 spiro atoms. The molecule has 0 saturated heterocycles. The first kappa shape index (κ1) is 18.7. The van der Waals surface area contributed by atoms with Crippen LogP contribution in [0.1, 0.15) is 36.5 Å². The Morgan fingerprint density at radius 2 is 2.11 bits per heavy atom. The number of nitrogens with zero attached hydrogens (tertiary/aromatic N) is 4. The summed E-state index contributed by atoms with van der Waals surface area (Å²) in [5.41, 5.74) is 0.427. The number of pyridine rings is 1. The van der Waals surface area contributed by atoms with Gasteiger partial charge >= 0.3 is 0 Å². The number of halogens is 3. The molecule has 0 aromatic carbocycles. The number of carbonyl (C=O) groups is 1. The quantitative estimate of drug-likeness (QED) is 0.734. The Morgan fingerprint density at radius 1 is 1.29 bits per heavy atom. The molecule has 3 unspecified atom stereocenters. The predicted octanol–water partition coefficient (Wildman–Crippen LogP) is 3.91. The molecule has 3 heterocycles. The highest BCUT2D eigenvalue weighted by Gasteiger charge is 2.40. The van der Waals surface area contributed by atoms with Gasteiger partial charge in [0, 0.05) is 12.1 Å². The molecule has 1 aromatic heterocycles. The summed E-state index contributed by atoms with van der Waals surface area (Å²) < 4.78 is 40.6. The van der Waals surface area contributed by atoms with Crippen molar-refractivity contribution in [3.05, 3.63) is 41.5 Å². The number of ketones is 1. The standard InChI is InChI=1S/C20H19F3N4O/c1-10-2-3-11(18(28)12-4-5-24-8-15(12)21)6-13(10)14-7-16(19(22)23)27-20-17(14)25-9-26-20/h4-5,7-11,13,17,19H,2-3,6H2,1H3/t10?,11?,13-,17?/m1/s1. The molecule has 0 N–H and O–H groups in total. The van der Waals surface area contributed by atoms with Crippen molar-refractivity contribution < 1.29 is 18.0 Å². The van der Waals surface area contributed by atoms with Gasteiger partial charge in [-0.05, 0) is 48.8 Å². The third-order valence-corrected chi connectivity index (χ3v) is 5.78. The molecule has 0 bridgehead atoms. The maximum Gasteiger partial charge on any atom is 0.280 e. The lowest BCUT2D eigenvalue weighted by atomic mass is 9.68. The largest absolute Gasteiger partial charge is 0.294 e. The lowest BCUT2D eigenvalue weighted by molar-refractivity contribution is 0.0840. The van der Waals surface area contributed by atoms with Gasteiger partial charge in [0.15, 0.2) is 17.4 Å². The molecule has 1 aromatic rings. The first-order valence-corrected chi connectivity index (χ1v) is 9.27. The molecule has 8 heteroatoms. The van der Waals surface area contributed by atoms with Crippen molar-refractivity contribution in [2.45, 2.75) is 38.7 Å². The van der Waals surface area contributed by atoms with Gasteiger partial charge in [-0.3, -0.25) is 14.8 Å². The summed E-state index contributed by atoms with van der Waals surface area (Å²) in [6.45, 7) is 2.04. The molecule has 1 fully saturated rings. The van der Waals surface area contributed by atoms with Crippen molar-refractivity contribution in [2.24, 2.45) is 32.7 Å². The van der Waals surface area contributed by atoms with Gasteiger partial charge in [-0.2, -0.15) is 0 Å². The highest BCUT2D eigenvalue weighted by Crippen LogP contribution is 2.42. The average molecular weight is 388 g/mol. The Hall–Kier alpha value is -2.64. The lowest BCUT2D eigenvalue weighted by Gasteiger charge is -2.37. The summed E-state index contributed by atoms with van der Waals surface area (Å²) in [5.74, 6) is -0.942. The van der Waals surface area contributed by atoms with E-state index in [1.54, 1.807) is 0 Å². The van der Waals surface area contributed by atoms with Gasteiger partial charge in [0.05, 0.1) is 11.8 Å². The van der Waals surface area contributed by atoms with Crippen molar-refractivity contribution in [1.82, 2.24) is 4.98 Å². The Morgan fingerprint density at radius 3 is 2.86 bits per heavy atom. The molecule has 1 saturated carbocycles. The molecule has 1 aliphatic carbocycles. The lowest BCUT2D eigenvalue weighted by Crippen LogP contribution is -2.36. The van der Waals surface area contributed by atoms with Gasteiger partial charge in [-0.25, -0.2) is 23.2 Å². The number of amidine groups is 1. The van der Waals surface area contributed by atoms with E-state index in [-0.39, 0.29) is 40.6 Å². The van der Waals surface area contributed by atoms with Crippen LogP contribution in [-0.2, 0) is 0 Å². The van der Waals surface area contributed by atoms with Gasteiger partial charge in [0.1, 0.15) is 18.1 Å². The number of hydrogen-bond acceptors (Lipinski definition) is 5. The second kappa shape index (κ2) is 7.41. The first-order chi connectivity index (χ1) is 13.5. The van der Waals surface area contributed by atoms with Gasteiger partial charge in [-0.15, -0.1) is 0 Å². The number of aromatic nitrogens is 1. The molecule has 2 aliphatic heterocycles. The van der Waals surface area contributed by atoms with E-state index in [1.807, 2.05) is 6.92 Å². The van der Waals surface area contributed by atoms with E-state index in [4.69, 9.17) is 0 Å². The monoisotopic (exact) mass is 388 g/mol. The average Bonchev–Trinajstić information content (AvgIpc) is 3.16. The second-order valence-corrected chi connectivity index (χ2v) is 7.45. The third-order valence-electron chi connectivity index (χ3n) is 5.78. The van der Waals surface area contributed by atoms with Crippen LogP contribution in [0.4, 0.5) is 13.2 Å². The number of dihydropyridines is 1. The number of carbonyl (C=O) groups excluding carboxylic acids is 1. The Bertz CT molecular complexity index is 922. The van der Waals surface area contributed by atoms with Crippen molar-refractivity contribution in [1.29, 1.82) is 0 Å². The zero-order valence-corrected chi connectivity index (χ0v) is 15.2. The summed E-state index contributed by atoms with van der Waals surface area (Å²) in [4.78, 5) is 28.8. The van der Waals surface area contributed by atoms with Crippen LogP contribution < -0.4 is 0 Å². The molecule has 4 atom stereocenters. The van der Waals surface area contributed by atoms with Gasteiger partial charge in [0.25, 0.3) is 6.43 Å². The fraction of sp³-hybridized carbons (Fsp3) is 0.450. The molecule has 146 valence electrons. The van der Waals surface area contributed by atoms with Crippen LogP contribution in [0.5, 0.6) is 0 Å². The minimum absolute atomic E-state index is 0.0295. The number of fused-ring (bicyclic) bond motifs is 1. The summed E-state index contributed by atoms with van der Waals surface area (Å²) in [5, 5.41) is 0. The second-order valence-electron chi connectivity index (χ2n) is 7.45. The predicted molar refractivity (Wildman–Crippen MR) is 99.8 cm³/mol. The molecule has 0 radical (unpaired) electrons. The normalized spacial score (nSPS) is 29.2. The van der Waals surface area contributed by atoms with Gasteiger partial charge < -0.3 is 0 Å². The molecule has 0 amide bonds. The molecular weight excluding hydrogens is 369 g/mol. The van der Waals surface area contributed by atoms with E-state index in [2.05, 4.69) is 20.0 Å². The topological polar surface area (TPSA) is 67.0 Å². The minimum atomic E-state index is -2.71. The first-order valence-electron chi connectivity index (χ1n) is 9.27. The molecule has 4 rings (SSSR count). The highest BCUT2D eigenvalue weighted by molar-refractivity contribution is 6.14. The van der Waals surface area contributed by atoms with E-state index in [0.29, 0.717) is 12.8 Å². The fourth-order valence-corrected chi connectivity index (χ4v) is 4.28. The highest BCUT2D eigenvalue weighted by atomic mass is 19.3. The van der Waals surface area contributed by atoms with E-state index in [0.717, 1.165) is 18.2 Å². The van der Waals surface area contributed by atoms with Crippen LogP contribution in [-0.4, -0.2) is 41.1 Å². The van der Waals surface area contributed by atoms with Crippen molar-refractivity contribution in [3.8, 4) is 0 Å². The van der Waals surface area contributed by atoms with E-state index >= 15 is 0 Å². The Kier molecular flexibility index (Phi) is 4.95. The van der Waals surface area contributed by atoms with E-state index in [1.165, 1.54) is 24.7 Å².